The third-order valence-electron chi connectivity index (χ3n) is 4.47. The number of aryl methyl sites for hydroxylation is 2. The van der Waals surface area contributed by atoms with Crippen molar-refractivity contribution in [3.8, 4) is 0 Å². The first-order valence-corrected chi connectivity index (χ1v) is 11.0. The van der Waals surface area contributed by atoms with E-state index in [2.05, 4.69) is 45.6 Å². The molecule has 0 saturated carbocycles. The largest absolute Gasteiger partial charge is 0.462 e. The number of nitrogens with zero attached hydrogens (tertiary/aromatic N) is 3. The Morgan fingerprint density at radius 3 is 2.67 bits per heavy atom. The van der Waals surface area contributed by atoms with E-state index in [1.165, 1.54) is 16.9 Å². The lowest BCUT2D eigenvalue weighted by molar-refractivity contribution is 0.0531. The Hall–Kier alpha value is -2.61. The van der Waals surface area contributed by atoms with Crippen LogP contribution in [0.25, 0.3) is 0 Å². The zero-order valence-electron chi connectivity index (χ0n) is 19.0. The van der Waals surface area contributed by atoms with Gasteiger partial charge in [-0.05, 0) is 51.8 Å². The third kappa shape index (κ3) is 6.19. The molecule has 0 amide bonds. The van der Waals surface area contributed by atoms with Gasteiger partial charge >= 0.3 is 5.97 Å². The van der Waals surface area contributed by atoms with Gasteiger partial charge in [-0.25, -0.2) is 14.8 Å². The van der Waals surface area contributed by atoms with Gasteiger partial charge in [-0.15, -0.1) is 11.3 Å². The molecule has 1 aromatic carbocycles. The Morgan fingerprint density at radius 2 is 2.03 bits per heavy atom. The van der Waals surface area contributed by atoms with Crippen LogP contribution in [0, 0.1) is 13.8 Å². The Bertz CT molecular complexity index is 892. The maximum absolute atomic E-state index is 12.1. The number of hydrogen-bond acceptors (Lipinski definition) is 6. The fourth-order valence-electron chi connectivity index (χ4n) is 2.96. The highest BCUT2D eigenvalue weighted by molar-refractivity contribution is 7.13. The number of nitrogens with one attached hydrogen (secondary N) is 2. The lowest BCUT2D eigenvalue weighted by atomic mass is 10.1. The molecule has 2 aromatic rings. The highest BCUT2D eigenvalue weighted by Gasteiger charge is 2.20. The number of ether oxygens (including phenoxy) is 1. The molecule has 1 unspecified atom stereocenters. The molecule has 2 rings (SSSR count). The summed E-state index contributed by atoms with van der Waals surface area (Å²) >= 11 is 1.36. The molecule has 0 radical (unpaired) electrons. The van der Waals surface area contributed by atoms with Crippen LogP contribution in [-0.4, -0.2) is 44.2 Å². The van der Waals surface area contributed by atoms with Gasteiger partial charge in [-0.1, -0.05) is 12.1 Å². The topological polar surface area (TPSA) is 78.9 Å². The highest BCUT2D eigenvalue weighted by atomic mass is 32.1. The molecular weight excluding hydrogens is 398 g/mol. The number of aliphatic imine (C=N–C) groups is 1. The molecule has 0 saturated heterocycles. The van der Waals surface area contributed by atoms with Crippen molar-refractivity contribution in [1.82, 2.24) is 15.6 Å². The number of hydrogen-bond donors (Lipinski definition) is 2. The average Bonchev–Trinajstić information content (AvgIpc) is 3.09. The van der Waals surface area contributed by atoms with E-state index in [0.717, 1.165) is 22.8 Å². The van der Waals surface area contributed by atoms with Gasteiger partial charge in [0.1, 0.15) is 9.88 Å². The van der Waals surface area contributed by atoms with Gasteiger partial charge in [-0.2, -0.15) is 0 Å². The molecule has 0 spiro atoms. The minimum Gasteiger partial charge on any atom is -0.462 e. The second-order valence-electron chi connectivity index (χ2n) is 7.27. The van der Waals surface area contributed by atoms with Gasteiger partial charge < -0.3 is 20.3 Å². The van der Waals surface area contributed by atoms with Crippen LogP contribution in [0.4, 0.5) is 5.69 Å². The van der Waals surface area contributed by atoms with Gasteiger partial charge in [0.25, 0.3) is 0 Å². The van der Waals surface area contributed by atoms with Crippen molar-refractivity contribution in [3.05, 3.63) is 44.9 Å². The Kier molecular flexibility index (Phi) is 8.65. The van der Waals surface area contributed by atoms with Crippen molar-refractivity contribution in [2.75, 3.05) is 32.1 Å². The van der Waals surface area contributed by atoms with Crippen LogP contribution in [0.3, 0.4) is 0 Å². The summed E-state index contributed by atoms with van der Waals surface area (Å²) in [6.07, 6.45) is 0. The van der Waals surface area contributed by atoms with Crippen LogP contribution in [0.1, 0.15) is 58.3 Å². The van der Waals surface area contributed by atoms with Gasteiger partial charge in [0.15, 0.2) is 5.96 Å². The fourth-order valence-corrected chi connectivity index (χ4v) is 3.93. The van der Waals surface area contributed by atoms with Crippen LogP contribution < -0.4 is 15.5 Å². The predicted octanol–water partition coefficient (Wildman–Crippen LogP) is 3.82. The van der Waals surface area contributed by atoms with Crippen LogP contribution in [-0.2, 0) is 11.3 Å². The third-order valence-corrected chi connectivity index (χ3v) is 5.79. The van der Waals surface area contributed by atoms with E-state index in [1.807, 2.05) is 34.9 Å². The SMILES string of the molecule is CCNC(=NCc1ccc(C)cc1N(C)C)NC(C)c1nc(C)c(C(=O)OCC)s1. The maximum Gasteiger partial charge on any atom is 0.350 e. The summed E-state index contributed by atoms with van der Waals surface area (Å²) in [4.78, 5) is 24.1. The monoisotopic (exact) mass is 431 g/mol. The average molecular weight is 432 g/mol. The second-order valence-corrected chi connectivity index (χ2v) is 8.31. The van der Waals surface area contributed by atoms with Gasteiger partial charge in [0.2, 0.25) is 0 Å². The van der Waals surface area contributed by atoms with Crippen LogP contribution in [0.5, 0.6) is 0 Å². The molecule has 8 heteroatoms. The summed E-state index contributed by atoms with van der Waals surface area (Å²) in [5.41, 5.74) is 4.24. The number of rotatable bonds is 8. The van der Waals surface area contributed by atoms with Crippen molar-refractivity contribution >= 4 is 29.0 Å². The van der Waals surface area contributed by atoms with E-state index in [0.29, 0.717) is 29.7 Å². The Balaban J connectivity index is 2.17. The van der Waals surface area contributed by atoms with Gasteiger partial charge in [0.05, 0.1) is 24.9 Å². The number of anilines is 1. The number of carbonyl (C=O) groups is 1. The zero-order chi connectivity index (χ0) is 22.3. The number of carbonyl (C=O) groups excluding carboxylic acids is 1. The summed E-state index contributed by atoms with van der Waals surface area (Å²) in [7, 11) is 4.08. The van der Waals surface area contributed by atoms with Crippen LogP contribution in [0.2, 0.25) is 0 Å². The first-order chi connectivity index (χ1) is 14.3. The molecule has 0 aliphatic rings. The Labute approximate surface area is 183 Å². The number of aromatic nitrogens is 1. The highest BCUT2D eigenvalue weighted by Crippen LogP contribution is 2.25. The van der Waals surface area contributed by atoms with Crippen LogP contribution in [0.15, 0.2) is 23.2 Å². The van der Waals surface area contributed by atoms with E-state index >= 15 is 0 Å². The van der Waals surface area contributed by atoms with E-state index in [9.17, 15) is 4.79 Å². The van der Waals surface area contributed by atoms with E-state index in [4.69, 9.17) is 9.73 Å². The molecule has 1 atom stereocenters. The second kappa shape index (κ2) is 11.0. The molecule has 1 aromatic heterocycles. The van der Waals surface area contributed by atoms with Crippen molar-refractivity contribution in [2.24, 2.45) is 4.99 Å². The normalized spacial score (nSPS) is 12.4. The molecule has 7 nitrogen and oxygen atoms in total. The molecule has 0 aliphatic heterocycles. The molecule has 0 aliphatic carbocycles. The molecule has 1 heterocycles. The summed E-state index contributed by atoms with van der Waals surface area (Å²) in [5, 5.41) is 7.51. The fraction of sp³-hybridized carbons (Fsp3) is 0.500. The van der Waals surface area contributed by atoms with Gasteiger partial charge in [0, 0.05) is 26.3 Å². The van der Waals surface area contributed by atoms with Crippen molar-refractivity contribution < 1.29 is 9.53 Å². The lowest BCUT2D eigenvalue weighted by Gasteiger charge is -2.19. The van der Waals surface area contributed by atoms with Crippen molar-refractivity contribution in [1.29, 1.82) is 0 Å². The molecule has 30 heavy (non-hydrogen) atoms. The van der Waals surface area contributed by atoms with E-state index in [1.54, 1.807) is 6.92 Å². The Morgan fingerprint density at radius 1 is 1.30 bits per heavy atom. The number of benzene rings is 1. The number of thiazole rings is 1. The summed E-state index contributed by atoms with van der Waals surface area (Å²) in [6.45, 7) is 11.4. The van der Waals surface area contributed by atoms with Crippen molar-refractivity contribution in [3.63, 3.8) is 0 Å². The molecule has 2 N–H and O–H groups in total. The van der Waals surface area contributed by atoms with Crippen LogP contribution >= 0.6 is 11.3 Å². The van der Waals surface area contributed by atoms with E-state index < -0.39 is 0 Å². The van der Waals surface area contributed by atoms with Gasteiger partial charge in [-0.3, -0.25) is 0 Å². The number of guanidine groups is 1. The first kappa shape index (κ1) is 23.7. The first-order valence-electron chi connectivity index (χ1n) is 10.2. The summed E-state index contributed by atoms with van der Waals surface area (Å²) in [6, 6.07) is 6.30. The number of esters is 1. The summed E-state index contributed by atoms with van der Waals surface area (Å²) < 4.78 is 5.12. The minimum absolute atomic E-state index is 0.0963. The smallest absolute Gasteiger partial charge is 0.350 e. The van der Waals surface area contributed by atoms with E-state index in [-0.39, 0.29) is 12.0 Å². The van der Waals surface area contributed by atoms with Crippen molar-refractivity contribution in [2.45, 2.75) is 47.2 Å². The molecule has 0 bridgehead atoms. The quantitative estimate of drug-likeness (QED) is 0.376. The summed E-state index contributed by atoms with van der Waals surface area (Å²) in [5.74, 6) is 0.392. The minimum atomic E-state index is -0.317. The molecule has 0 fully saturated rings. The zero-order valence-corrected chi connectivity index (χ0v) is 19.8. The predicted molar refractivity (Wildman–Crippen MR) is 125 cm³/mol. The molecular formula is C22H33N5O2S. The standard InChI is InChI=1S/C22H33N5O2S/c1-8-23-22(24-13-17-11-10-14(3)12-18(17)27(6)7)26-16(5)20-25-15(4)19(30-20)21(28)29-9-2/h10-12,16H,8-9,13H2,1-7H3,(H2,23,24,26). The lowest BCUT2D eigenvalue weighted by Crippen LogP contribution is -2.38. The maximum atomic E-state index is 12.1. The molecule has 164 valence electrons.